The third kappa shape index (κ3) is 2.25. The van der Waals surface area contributed by atoms with Crippen LogP contribution in [0.1, 0.15) is 38.5 Å². The highest BCUT2D eigenvalue weighted by molar-refractivity contribution is 5.78. The fourth-order valence-corrected chi connectivity index (χ4v) is 1.88. The molecule has 1 saturated heterocycles. The zero-order valence-corrected chi connectivity index (χ0v) is 9.69. The van der Waals surface area contributed by atoms with Gasteiger partial charge in [-0.25, -0.2) is 0 Å². The number of rotatable bonds is 2. The van der Waals surface area contributed by atoms with Crippen molar-refractivity contribution >= 4 is 5.91 Å². The van der Waals surface area contributed by atoms with Gasteiger partial charge < -0.3 is 10.1 Å². The summed E-state index contributed by atoms with van der Waals surface area (Å²) < 4.78 is 5.95. The van der Waals surface area contributed by atoms with Crippen molar-refractivity contribution in [2.75, 3.05) is 0 Å². The van der Waals surface area contributed by atoms with E-state index in [9.17, 15) is 4.79 Å². The van der Waals surface area contributed by atoms with Gasteiger partial charge in [-0.3, -0.25) is 4.79 Å². The zero-order valence-electron chi connectivity index (χ0n) is 9.69. The normalized spacial score (nSPS) is 29.9. The summed E-state index contributed by atoms with van der Waals surface area (Å²) in [6, 6.07) is 9.78. The maximum absolute atomic E-state index is 11.6. The van der Waals surface area contributed by atoms with Crippen molar-refractivity contribution in [1.29, 1.82) is 0 Å². The van der Waals surface area contributed by atoms with Crippen LogP contribution in [0.3, 0.4) is 0 Å². The molecule has 3 heteroatoms. The molecule has 1 aromatic carbocycles. The third-order valence-corrected chi connectivity index (χ3v) is 3.08. The molecule has 0 aromatic heterocycles. The predicted octanol–water partition coefficient (Wildman–Crippen LogP) is 2.39. The van der Waals surface area contributed by atoms with Gasteiger partial charge in [0.25, 0.3) is 0 Å². The van der Waals surface area contributed by atoms with Gasteiger partial charge in [-0.1, -0.05) is 37.3 Å². The molecule has 2 rings (SSSR count). The van der Waals surface area contributed by atoms with Gasteiger partial charge in [-0.15, -0.1) is 0 Å². The van der Waals surface area contributed by atoms with Crippen molar-refractivity contribution in [1.82, 2.24) is 5.32 Å². The van der Waals surface area contributed by atoms with Crippen LogP contribution >= 0.6 is 0 Å². The fraction of sp³-hybridized carbons (Fsp3) is 0.462. The first-order valence-electron chi connectivity index (χ1n) is 5.65. The number of hydrogen-bond donors (Lipinski definition) is 1. The van der Waals surface area contributed by atoms with Gasteiger partial charge >= 0.3 is 0 Å². The molecule has 1 fully saturated rings. The van der Waals surface area contributed by atoms with Gasteiger partial charge in [-0.05, 0) is 13.3 Å². The van der Waals surface area contributed by atoms with Crippen LogP contribution in [0.2, 0.25) is 0 Å². The second kappa shape index (κ2) is 4.26. The molecule has 1 N–H and O–H groups in total. The molecule has 1 aliphatic rings. The van der Waals surface area contributed by atoms with E-state index in [4.69, 9.17) is 4.74 Å². The summed E-state index contributed by atoms with van der Waals surface area (Å²) in [5.74, 6) is 0.0597. The summed E-state index contributed by atoms with van der Waals surface area (Å²) in [7, 11) is 0. The Labute approximate surface area is 95.8 Å². The van der Waals surface area contributed by atoms with Gasteiger partial charge in [-0.2, -0.15) is 0 Å². The van der Waals surface area contributed by atoms with Crippen molar-refractivity contribution in [3.05, 3.63) is 35.9 Å². The maximum Gasteiger partial charge on any atom is 0.225 e. The molecule has 0 saturated carbocycles. The molecule has 2 atom stereocenters. The van der Waals surface area contributed by atoms with E-state index in [1.165, 1.54) is 0 Å². The highest BCUT2D eigenvalue weighted by Crippen LogP contribution is 2.31. The van der Waals surface area contributed by atoms with Crippen LogP contribution in [0.5, 0.6) is 0 Å². The quantitative estimate of drug-likeness (QED) is 0.829. The molecular weight excluding hydrogens is 202 g/mol. The molecule has 1 aromatic rings. The average Bonchev–Trinajstić information content (AvgIpc) is 2.29. The molecule has 3 nitrogen and oxygen atoms in total. The van der Waals surface area contributed by atoms with E-state index in [0.29, 0.717) is 6.42 Å². The Hall–Kier alpha value is -1.35. The smallest absolute Gasteiger partial charge is 0.225 e. The Morgan fingerprint density at radius 3 is 2.75 bits per heavy atom. The molecule has 0 spiro atoms. The highest BCUT2D eigenvalue weighted by Gasteiger charge is 2.36. The number of nitrogens with one attached hydrogen (secondary N) is 1. The molecule has 0 radical (unpaired) electrons. The first-order chi connectivity index (χ1) is 7.63. The second-order valence-corrected chi connectivity index (χ2v) is 4.46. The molecular formula is C13H17NO2. The van der Waals surface area contributed by atoms with Crippen molar-refractivity contribution < 1.29 is 9.53 Å². The molecule has 1 aliphatic heterocycles. The monoisotopic (exact) mass is 219 g/mol. The van der Waals surface area contributed by atoms with Crippen LogP contribution in [-0.2, 0) is 9.53 Å². The number of carbonyl (C=O) groups is 1. The summed E-state index contributed by atoms with van der Waals surface area (Å²) in [6.07, 6.45) is 0.962. The summed E-state index contributed by atoms with van der Waals surface area (Å²) in [5, 5.41) is 2.86. The minimum absolute atomic E-state index is 0.0597. The van der Waals surface area contributed by atoms with Crippen molar-refractivity contribution in [2.45, 2.75) is 38.5 Å². The number of benzene rings is 1. The highest BCUT2D eigenvalue weighted by atomic mass is 16.5. The lowest BCUT2D eigenvalue weighted by Gasteiger charge is -2.38. The van der Waals surface area contributed by atoms with Crippen LogP contribution in [0.25, 0.3) is 0 Å². The SMILES string of the molecule is CCC1(C)CC(=O)N[C@@H](c2ccccc2)O1. The minimum atomic E-state index is -0.344. The molecule has 0 bridgehead atoms. The van der Waals surface area contributed by atoms with E-state index in [1.54, 1.807) is 0 Å². The second-order valence-electron chi connectivity index (χ2n) is 4.46. The van der Waals surface area contributed by atoms with Crippen LogP contribution in [0, 0.1) is 0 Å². The first-order valence-corrected chi connectivity index (χ1v) is 5.65. The Morgan fingerprint density at radius 1 is 1.44 bits per heavy atom. The third-order valence-electron chi connectivity index (χ3n) is 3.08. The number of ether oxygens (including phenoxy) is 1. The molecule has 86 valence electrons. The van der Waals surface area contributed by atoms with Crippen LogP contribution < -0.4 is 5.32 Å². The summed E-state index contributed by atoms with van der Waals surface area (Å²) in [5.41, 5.74) is 0.651. The Balaban J connectivity index is 2.20. The lowest BCUT2D eigenvalue weighted by atomic mass is 9.96. The molecule has 1 unspecified atom stereocenters. The van der Waals surface area contributed by atoms with E-state index in [2.05, 4.69) is 5.32 Å². The van der Waals surface area contributed by atoms with Crippen molar-refractivity contribution in [2.24, 2.45) is 0 Å². The molecule has 1 amide bonds. The predicted molar refractivity (Wildman–Crippen MR) is 61.7 cm³/mol. The summed E-state index contributed by atoms with van der Waals surface area (Å²) in [4.78, 5) is 11.6. The van der Waals surface area contributed by atoms with Gasteiger partial charge in [0.15, 0.2) is 6.23 Å². The van der Waals surface area contributed by atoms with E-state index in [-0.39, 0.29) is 17.7 Å². The van der Waals surface area contributed by atoms with E-state index >= 15 is 0 Å². The summed E-state index contributed by atoms with van der Waals surface area (Å²) >= 11 is 0. The van der Waals surface area contributed by atoms with Crippen LogP contribution in [-0.4, -0.2) is 11.5 Å². The van der Waals surface area contributed by atoms with Gasteiger partial charge in [0.2, 0.25) is 5.91 Å². The Bertz CT molecular complexity index is 377. The van der Waals surface area contributed by atoms with Crippen LogP contribution in [0.15, 0.2) is 30.3 Å². The standard InChI is InChI=1S/C13H17NO2/c1-3-13(2)9-11(15)14-12(16-13)10-7-5-4-6-8-10/h4-8,12H,3,9H2,1-2H3,(H,14,15)/t12-,13?/m1/s1. The molecule has 0 aliphatic carbocycles. The lowest BCUT2D eigenvalue weighted by Crippen LogP contribution is -2.47. The Morgan fingerprint density at radius 2 is 2.12 bits per heavy atom. The number of carbonyl (C=O) groups excluding carboxylic acids is 1. The van der Waals surface area contributed by atoms with Crippen molar-refractivity contribution in [3.8, 4) is 0 Å². The van der Waals surface area contributed by atoms with E-state index in [0.717, 1.165) is 12.0 Å². The maximum atomic E-state index is 11.6. The van der Waals surface area contributed by atoms with E-state index in [1.807, 2.05) is 44.2 Å². The Kier molecular flexibility index (Phi) is 2.97. The topological polar surface area (TPSA) is 38.3 Å². The molecule has 1 heterocycles. The van der Waals surface area contributed by atoms with Gasteiger partial charge in [0.1, 0.15) is 0 Å². The van der Waals surface area contributed by atoms with Crippen LogP contribution in [0.4, 0.5) is 0 Å². The van der Waals surface area contributed by atoms with Crippen molar-refractivity contribution in [3.63, 3.8) is 0 Å². The fourth-order valence-electron chi connectivity index (χ4n) is 1.88. The molecule has 16 heavy (non-hydrogen) atoms. The largest absolute Gasteiger partial charge is 0.347 e. The number of hydrogen-bond acceptors (Lipinski definition) is 2. The summed E-state index contributed by atoms with van der Waals surface area (Å²) in [6.45, 7) is 4.03. The van der Waals surface area contributed by atoms with Gasteiger partial charge in [0.05, 0.1) is 12.0 Å². The average molecular weight is 219 g/mol. The minimum Gasteiger partial charge on any atom is -0.347 e. The first kappa shape index (κ1) is 11.1. The van der Waals surface area contributed by atoms with Gasteiger partial charge in [0, 0.05) is 5.56 Å². The number of amides is 1. The zero-order chi connectivity index (χ0) is 11.6. The lowest BCUT2D eigenvalue weighted by molar-refractivity contribution is -0.162. The van der Waals surface area contributed by atoms with E-state index < -0.39 is 0 Å².